The highest BCUT2D eigenvalue weighted by Crippen LogP contribution is 2.32. The summed E-state index contributed by atoms with van der Waals surface area (Å²) < 4.78 is 40.1. The van der Waals surface area contributed by atoms with Crippen molar-refractivity contribution in [2.75, 3.05) is 18.0 Å². The van der Waals surface area contributed by atoms with Crippen molar-refractivity contribution >= 4 is 27.9 Å². The number of aryl methyl sites for hydroxylation is 1. The molecule has 1 aliphatic heterocycles. The first kappa shape index (κ1) is 18.7. The van der Waals surface area contributed by atoms with Gasteiger partial charge in [0.05, 0.1) is 0 Å². The van der Waals surface area contributed by atoms with Crippen LogP contribution in [0.2, 0.25) is 0 Å². The summed E-state index contributed by atoms with van der Waals surface area (Å²) in [5.74, 6) is -0.645. The average molecular weight is 412 g/mol. The second kappa shape index (κ2) is 6.86. The van der Waals surface area contributed by atoms with Crippen molar-refractivity contribution in [1.82, 2.24) is 24.8 Å². The predicted molar refractivity (Wildman–Crippen MR) is 108 cm³/mol. The zero-order valence-electron chi connectivity index (χ0n) is 16.2. The van der Waals surface area contributed by atoms with Gasteiger partial charge in [-0.1, -0.05) is 31.2 Å². The Morgan fingerprint density at radius 1 is 1.13 bits per heavy atom. The Balaban J connectivity index is 1.44. The summed E-state index contributed by atoms with van der Waals surface area (Å²) in [7, 11) is 0. The van der Waals surface area contributed by atoms with Crippen molar-refractivity contribution in [3.8, 4) is 0 Å². The fraction of sp³-hybridized carbons (Fsp3) is 0.286. The van der Waals surface area contributed by atoms with Crippen LogP contribution in [0, 0.1) is 0 Å². The molecule has 0 bridgehead atoms. The molecule has 0 saturated heterocycles. The summed E-state index contributed by atoms with van der Waals surface area (Å²) in [6.07, 6.45) is 1.29. The Labute approximate surface area is 170 Å². The topological polar surface area (TPSA) is 62.1 Å². The van der Waals surface area contributed by atoms with E-state index in [9.17, 15) is 13.2 Å². The van der Waals surface area contributed by atoms with E-state index in [4.69, 9.17) is 0 Å². The smallest absolute Gasteiger partial charge is 0.360 e. The normalized spacial score (nSPS) is 15.2. The summed E-state index contributed by atoms with van der Waals surface area (Å²) >= 11 is 0. The minimum Gasteiger partial charge on any atom is -0.360 e. The Morgan fingerprint density at radius 3 is 2.73 bits per heavy atom. The van der Waals surface area contributed by atoms with Crippen LogP contribution in [-0.4, -0.2) is 37.9 Å². The van der Waals surface area contributed by atoms with Crippen LogP contribution < -0.4 is 4.90 Å². The number of para-hydroxylation sites is 1. The SMILES string of the molecule is CCc1cccc2c(C3=CCN(c4ccc5nnc(C(F)(F)F)n5n4)CC3)c[nH]c12. The third-order valence-electron chi connectivity index (χ3n) is 5.56. The number of hydrogen-bond acceptors (Lipinski definition) is 4. The van der Waals surface area contributed by atoms with Crippen LogP contribution in [0.15, 0.2) is 42.6 Å². The van der Waals surface area contributed by atoms with Crippen molar-refractivity contribution in [3.63, 3.8) is 0 Å². The molecule has 3 aromatic heterocycles. The number of hydrogen-bond donors (Lipinski definition) is 1. The van der Waals surface area contributed by atoms with Gasteiger partial charge in [0, 0.05) is 35.8 Å². The highest BCUT2D eigenvalue weighted by atomic mass is 19.4. The number of fused-ring (bicyclic) bond motifs is 2. The zero-order chi connectivity index (χ0) is 20.9. The van der Waals surface area contributed by atoms with E-state index >= 15 is 0 Å². The number of nitrogens with zero attached hydrogens (tertiary/aromatic N) is 5. The van der Waals surface area contributed by atoms with Gasteiger partial charge in [0.15, 0.2) is 5.65 Å². The minimum atomic E-state index is -4.60. The lowest BCUT2D eigenvalue weighted by Gasteiger charge is -2.27. The molecule has 0 amide bonds. The van der Waals surface area contributed by atoms with Crippen molar-refractivity contribution < 1.29 is 13.2 Å². The van der Waals surface area contributed by atoms with Crippen LogP contribution in [0.3, 0.4) is 0 Å². The van der Waals surface area contributed by atoms with E-state index in [1.807, 2.05) is 11.1 Å². The average Bonchev–Trinajstić information content (AvgIpc) is 3.37. The second-order valence-electron chi connectivity index (χ2n) is 7.30. The number of nitrogens with one attached hydrogen (secondary N) is 1. The molecule has 6 nitrogen and oxygen atoms in total. The number of H-pyrrole nitrogens is 1. The number of aromatic nitrogens is 5. The maximum absolute atomic E-state index is 13.1. The second-order valence-corrected chi connectivity index (χ2v) is 7.30. The molecule has 4 aromatic rings. The maximum atomic E-state index is 13.1. The first-order valence-electron chi connectivity index (χ1n) is 9.78. The highest BCUT2D eigenvalue weighted by molar-refractivity contribution is 5.94. The molecule has 9 heteroatoms. The van der Waals surface area contributed by atoms with E-state index < -0.39 is 12.0 Å². The van der Waals surface area contributed by atoms with Gasteiger partial charge in [-0.2, -0.15) is 17.7 Å². The van der Waals surface area contributed by atoms with Crippen molar-refractivity contribution in [2.24, 2.45) is 0 Å². The zero-order valence-corrected chi connectivity index (χ0v) is 16.2. The Morgan fingerprint density at radius 2 is 2.00 bits per heavy atom. The quantitative estimate of drug-likeness (QED) is 0.539. The number of alkyl halides is 3. The van der Waals surface area contributed by atoms with Gasteiger partial charge in [-0.15, -0.1) is 15.3 Å². The number of aromatic amines is 1. The van der Waals surface area contributed by atoms with Gasteiger partial charge in [0.2, 0.25) is 0 Å². The molecule has 5 rings (SSSR count). The number of halogens is 3. The molecule has 0 saturated carbocycles. The van der Waals surface area contributed by atoms with Crippen molar-refractivity contribution in [1.29, 1.82) is 0 Å². The molecule has 0 fully saturated rings. The van der Waals surface area contributed by atoms with Crippen LogP contribution >= 0.6 is 0 Å². The maximum Gasteiger partial charge on any atom is 0.453 e. The van der Waals surface area contributed by atoms with Crippen molar-refractivity contribution in [3.05, 3.63) is 59.6 Å². The van der Waals surface area contributed by atoms with E-state index in [1.165, 1.54) is 28.2 Å². The number of benzene rings is 1. The monoisotopic (exact) mass is 412 g/mol. The molecule has 4 heterocycles. The van der Waals surface area contributed by atoms with Crippen LogP contribution in [0.5, 0.6) is 0 Å². The van der Waals surface area contributed by atoms with Gasteiger partial charge >= 0.3 is 6.18 Å². The van der Waals surface area contributed by atoms with Gasteiger partial charge in [-0.25, -0.2) is 0 Å². The van der Waals surface area contributed by atoms with E-state index in [-0.39, 0.29) is 5.65 Å². The molecule has 30 heavy (non-hydrogen) atoms. The minimum absolute atomic E-state index is 0.0739. The van der Waals surface area contributed by atoms with E-state index in [1.54, 1.807) is 6.07 Å². The predicted octanol–water partition coefficient (Wildman–Crippen LogP) is 4.48. The van der Waals surface area contributed by atoms with Gasteiger partial charge < -0.3 is 9.88 Å². The molecule has 0 spiro atoms. The lowest BCUT2D eigenvalue weighted by molar-refractivity contribution is -0.146. The fourth-order valence-electron chi connectivity index (χ4n) is 4.02. The van der Waals surface area contributed by atoms with Crippen LogP contribution in [0.1, 0.15) is 30.3 Å². The van der Waals surface area contributed by atoms with Crippen LogP contribution in [0.25, 0.3) is 22.1 Å². The van der Waals surface area contributed by atoms with E-state index in [2.05, 4.69) is 51.5 Å². The summed E-state index contributed by atoms with van der Waals surface area (Å²) in [6.45, 7) is 3.36. The van der Waals surface area contributed by atoms with Gasteiger partial charge in [-0.05, 0) is 36.1 Å². The number of anilines is 1. The molecular formula is C21H19F3N6. The van der Waals surface area contributed by atoms with Crippen LogP contribution in [0.4, 0.5) is 19.0 Å². The van der Waals surface area contributed by atoms with Gasteiger partial charge in [0.1, 0.15) is 5.82 Å². The summed E-state index contributed by atoms with van der Waals surface area (Å²) in [6, 6.07) is 9.51. The van der Waals surface area contributed by atoms with Crippen LogP contribution in [-0.2, 0) is 12.6 Å². The van der Waals surface area contributed by atoms with Gasteiger partial charge in [0.25, 0.3) is 5.82 Å². The first-order valence-corrected chi connectivity index (χ1v) is 9.78. The number of rotatable bonds is 3. The molecule has 1 N–H and O–H groups in total. The van der Waals surface area contributed by atoms with Crippen molar-refractivity contribution in [2.45, 2.75) is 25.9 Å². The summed E-state index contributed by atoms with van der Waals surface area (Å²) in [5, 5.41) is 12.1. The third kappa shape index (κ3) is 3.01. The van der Waals surface area contributed by atoms with Gasteiger partial charge in [-0.3, -0.25) is 0 Å². The molecule has 1 aliphatic rings. The Hall–Kier alpha value is -3.36. The molecule has 0 atom stereocenters. The molecule has 0 aliphatic carbocycles. The summed E-state index contributed by atoms with van der Waals surface area (Å²) in [5.41, 5.74) is 4.93. The first-order chi connectivity index (χ1) is 14.5. The molecular weight excluding hydrogens is 393 g/mol. The van der Waals surface area contributed by atoms with E-state index in [0.29, 0.717) is 18.9 Å². The molecule has 1 aromatic carbocycles. The fourth-order valence-corrected chi connectivity index (χ4v) is 4.02. The lowest BCUT2D eigenvalue weighted by Crippen LogP contribution is -2.29. The lowest BCUT2D eigenvalue weighted by atomic mass is 9.97. The summed E-state index contributed by atoms with van der Waals surface area (Å²) in [4.78, 5) is 5.35. The highest BCUT2D eigenvalue weighted by Gasteiger charge is 2.37. The molecule has 0 radical (unpaired) electrons. The largest absolute Gasteiger partial charge is 0.453 e. The Kier molecular flexibility index (Phi) is 4.27. The third-order valence-corrected chi connectivity index (χ3v) is 5.56. The standard InChI is InChI=1S/C21H19F3N6/c1-2-13-4-3-5-15-16(12-25-19(13)15)14-8-10-29(11-9-14)18-7-6-17-26-27-20(21(22,23)24)30(17)28-18/h3-8,12,25H,2,9-11H2,1H3. The van der Waals surface area contributed by atoms with E-state index in [0.717, 1.165) is 22.9 Å². The molecule has 0 unspecified atom stereocenters. The molecule has 154 valence electrons. The Bertz CT molecular complexity index is 1270.